The van der Waals surface area contributed by atoms with Crippen LogP contribution in [0.3, 0.4) is 0 Å². The van der Waals surface area contributed by atoms with E-state index in [1.54, 1.807) is 59.0 Å². The molecule has 3 atom stereocenters. The first-order valence-corrected chi connectivity index (χ1v) is 16.3. The van der Waals surface area contributed by atoms with Gasteiger partial charge in [-0.1, -0.05) is 32.8 Å². The fourth-order valence-corrected chi connectivity index (χ4v) is 7.13. The van der Waals surface area contributed by atoms with E-state index in [2.05, 4.69) is 13.8 Å². The number of methoxy groups -OCH3 is 1. The van der Waals surface area contributed by atoms with E-state index in [9.17, 15) is 23.9 Å². The summed E-state index contributed by atoms with van der Waals surface area (Å²) in [5.74, 6) is -1.53. The van der Waals surface area contributed by atoms with Crippen LogP contribution >= 0.6 is 0 Å². The number of hydrogen-bond acceptors (Lipinski definition) is 7. The number of aromatic nitrogens is 1. The molecule has 0 spiro atoms. The lowest BCUT2D eigenvalue weighted by Crippen LogP contribution is -2.48. The second-order valence-electron chi connectivity index (χ2n) is 12.4. The zero-order chi connectivity index (χ0) is 33.7. The summed E-state index contributed by atoms with van der Waals surface area (Å²) in [6.07, 6.45) is 5.28. The zero-order valence-corrected chi connectivity index (χ0v) is 27.5. The van der Waals surface area contributed by atoms with Crippen LogP contribution in [0.15, 0.2) is 59.5 Å². The number of ether oxygens (including phenoxy) is 3. The van der Waals surface area contributed by atoms with E-state index in [1.165, 1.54) is 19.2 Å². The van der Waals surface area contributed by atoms with Crippen molar-refractivity contribution in [3.8, 4) is 17.2 Å². The number of aliphatic carboxylic acids is 1. The van der Waals surface area contributed by atoms with Gasteiger partial charge >= 0.3 is 5.97 Å². The summed E-state index contributed by atoms with van der Waals surface area (Å²) in [4.78, 5) is 43.8. The maximum Gasteiger partial charge on any atom is 0.308 e. The highest BCUT2D eigenvalue weighted by atomic mass is 19.1. The Morgan fingerprint density at radius 1 is 1.11 bits per heavy atom. The number of likely N-dealkylation sites (tertiary alicyclic amines) is 1. The zero-order valence-electron chi connectivity index (χ0n) is 27.5. The summed E-state index contributed by atoms with van der Waals surface area (Å²) in [5, 5.41) is 10.7. The summed E-state index contributed by atoms with van der Waals surface area (Å²) in [6, 6.07) is 12.5. The number of anilines is 1. The van der Waals surface area contributed by atoms with E-state index in [0.717, 1.165) is 25.7 Å². The molecule has 5 rings (SSSR count). The molecule has 0 bridgehead atoms. The van der Waals surface area contributed by atoms with Crippen LogP contribution in [-0.2, 0) is 16.1 Å². The summed E-state index contributed by atoms with van der Waals surface area (Å²) in [5.41, 5.74) is 1.59. The Bertz CT molecular complexity index is 1640. The van der Waals surface area contributed by atoms with Crippen molar-refractivity contribution >= 4 is 17.6 Å². The molecule has 0 aliphatic carbocycles. The molecule has 252 valence electrons. The molecular formula is C36H44FN3O7. The van der Waals surface area contributed by atoms with Gasteiger partial charge in [0.15, 0.2) is 11.5 Å². The number of carbonyl (C=O) groups excluding carboxylic acids is 1. The Kier molecular flexibility index (Phi) is 10.9. The number of benzene rings is 2. The largest absolute Gasteiger partial charge is 0.493 e. The number of nitrogens with zero attached hydrogens (tertiary/aromatic N) is 3. The highest BCUT2D eigenvalue weighted by molar-refractivity contribution is 5.95. The van der Waals surface area contributed by atoms with E-state index < -0.39 is 23.8 Å². The van der Waals surface area contributed by atoms with Crippen molar-refractivity contribution in [2.24, 2.45) is 5.92 Å². The smallest absolute Gasteiger partial charge is 0.308 e. The maximum atomic E-state index is 14.5. The fourth-order valence-electron chi connectivity index (χ4n) is 7.13. The first-order chi connectivity index (χ1) is 22.7. The molecule has 2 aliphatic rings. The van der Waals surface area contributed by atoms with Gasteiger partial charge in [0.2, 0.25) is 24.0 Å². The minimum atomic E-state index is -0.993. The van der Waals surface area contributed by atoms with Crippen LogP contribution in [0.5, 0.6) is 17.2 Å². The van der Waals surface area contributed by atoms with E-state index in [0.29, 0.717) is 40.5 Å². The van der Waals surface area contributed by atoms with Crippen LogP contribution in [0.1, 0.15) is 63.0 Å². The molecule has 2 aromatic carbocycles. The average molecular weight is 650 g/mol. The second kappa shape index (κ2) is 15.0. The van der Waals surface area contributed by atoms with E-state index in [1.807, 2.05) is 4.90 Å². The van der Waals surface area contributed by atoms with Crippen molar-refractivity contribution in [2.75, 3.05) is 31.9 Å². The summed E-state index contributed by atoms with van der Waals surface area (Å²) in [6.45, 7) is 6.38. The first-order valence-electron chi connectivity index (χ1n) is 16.3. The molecule has 1 N–H and O–H groups in total. The molecule has 1 amide bonds. The van der Waals surface area contributed by atoms with Gasteiger partial charge in [-0.3, -0.25) is 19.3 Å². The van der Waals surface area contributed by atoms with Gasteiger partial charge in [-0.2, -0.15) is 0 Å². The maximum absolute atomic E-state index is 14.5. The number of aryl methyl sites for hydroxylation is 2. The quantitative estimate of drug-likeness (QED) is 0.241. The predicted octanol–water partition coefficient (Wildman–Crippen LogP) is 5.59. The van der Waals surface area contributed by atoms with Crippen molar-refractivity contribution in [1.82, 2.24) is 9.47 Å². The molecule has 1 saturated heterocycles. The van der Waals surface area contributed by atoms with Crippen LogP contribution in [-0.4, -0.2) is 65.5 Å². The minimum absolute atomic E-state index is 0.0344. The van der Waals surface area contributed by atoms with Crippen LogP contribution in [0.2, 0.25) is 0 Å². The molecule has 0 radical (unpaired) electrons. The molecule has 1 fully saturated rings. The Hall–Kier alpha value is -4.38. The molecule has 2 aliphatic heterocycles. The molecule has 0 unspecified atom stereocenters. The summed E-state index contributed by atoms with van der Waals surface area (Å²) in [7, 11) is 1.52. The third kappa shape index (κ3) is 7.30. The highest BCUT2D eigenvalue weighted by Crippen LogP contribution is 2.47. The summed E-state index contributed by atoms with van der Waals surface area (Å²) >= 11 is 0. The lowest BCUT2D eigenvalue weighted by molar-refractivity contribution is -0.143. The van der Waals surface area contributed by atoms with E-state index in [-0.39, 0.29) is 49.8 Å². The van der Waals surface area contributed by atoms with Gasteiger partial charge in [0.1, 0.15) is 5.82 Å². The topological polar surface area (TPSA) is 111 Å². The Morgan fingerprint density at radius 2 is 1.87 bits per heavy atom. The monoisotopic (exact) mass is 649 g/mol. The molecule has 10 nitrogen and oxygen atoms in total. The minimum Gasteiger partial charge on any atom is -0.493 e. The molecule has 47 heavy (non-hydrogen) atoms. The van der Waals surface area contributed by atoms with Gasteiger partial charge in [-0.05, 0) is 73.7 Å². The van der Waals surface area contributed by atoms with Gasteiger partial charge in [-0.15, -0.1) is 0 Å². The van der Waals surface area contributed by atoms with E-state index >= 15 is 0 Å². The van der Waals surface area contributed by atoms with Crippen molar-refractivity contribution in [3.63, 3.8) is 0 Å². The van der Waals surface area contributed by atoms with Crippen LogP contribution in [0.4, 0.5) is 10.1 Å². The molecule has 0 saturated carbocycles. The second-order valence-corrected chi connectivity index (χ2v) is 12.4. The number of pyridine rings is 1. The Labute approximate surface area is 274 Å². The number of rotatable bonds is 14. The molecule has 3 aromatic rings. The summed E-state index contributed by atoms with van der Waals surface area (Å²) < 4.78 is 32.7. The van der Waals surface area contributed by atoms with Crippen molar-refractivity contribution < 1.29 is 33.3 Å². The van der Waals surface area contributed by atoms with Gasteiger partial charge in [-0.25, -0.2) is 4.39 Å². The lowest BCUT2D eigenvalue weighted by Gasteiger charge is -2.35. The van der Waals surface area contributed by atoms with E-state index in [4.69, 9.17) is 14.2 Å². The third-order valence-electron chi connectivity index (χ3n) is 9.34. The van der Waals surface area contributed by atoms with Crippen LogP contribution in [0.25, 0.3) is 0 Å². The van der Waals surface area contributed by atoms with Crippen molar-refractivity contribution in [3.05, 3.63) is 82.0 Å². The number of carboxylic acid groups (broad SMARTS) is 1. The lowest BCUT2D eigenvalue weighted by atomic mass is 9.84. The number of halogens is 1. The van der Waals surface area contributed by atoms with Crippen molar-refractivity contribution in [1.29, 1.82) is 0 Å². The number of carbonyl (C=O) groups is 2. The number of fused-ring (bicyclic) bond motifs is 1. The van der Waals surface area contributed by atoms with Gasteiger partial charge in [0.25, 0.3) is 0 Å². The first kappa shape index (κ1) is 34.0. The Morgan fingerprint density at radius 3 is 2.53 bits per heavy atom. The molecule has 11 heteroatoms. The third-order valence-corrected chi connectivity index (χ3v) is 9.34. The average Bonchev–Trinajstić information content (AvgIpc) is 3.67. The fraction of sp³-hybridized carbons (Fsp3) is 0.472. The van der Waals surface area contributed by atoms with Gasteiger partial charge in [0.05, 0.1) is 19.6 Å². The van der Waals surface area contributed by atoms with Crippen LogP contribution in [0, 0.1) is 18.7 Å². The Balaban J connectivity index is 1.53. The van der Waals surface area contributed by atoms with Gasteiger partial charge < -0.3 is 28.8 Å². The SMILES string of the molecule is CCCC(CCC)N(C(=O)CN1C[C@H](c2cc(OC)c3c(c2)OCO3)[C@H](C(=O)O)[C@H]1CCn1ccccc1=O)c1ccc(F)c(C)c1. The number of carboxylic acids is 1. The molecule has 1 aromatic heterocycles. The predicted molar refractivity (Wildman–Crippen MR) is 176 cm³/mol. The molecule has 3 heterocycles. The van der Waals surface area contributed by atoms with Crippen molar-refractivity contribution in [2.45, 2.75) is 77.4 Å². The number of hydrogen-bond donors (Lipinski definition) is 1. The highest BCUT2D eigenvalue weighted by Gasteiger charge is 2.48. The van der Waals surface area contributed by atoms with Gasteiger partial charge in [0, 0.05) is 49.0 Å². The standard InChI is InChI=1S/C36H44FN3O7/c1-5-9-25(10-6-2)40(26-12-13-28(37)23(3)17-26)33(42)21-39-20-27(24-18-30(45-4)35-31(19-24)46-22-47-35)34(36(43)44)29(39)14-16-38-15-8-7-11-32(38)41/h7-8,11-13,15,17-19,25,27,29,34H,5-6,9-10,14,16,20-22H2,1-4H3,(H,43,44)/t27-,29-,34+/m1/s1. The van der Waals surface area contributed by atoms with Crippen LogP contribution < -0.4 is 24.7 Å². The molecular weight excluding hydrogens is 605 g/mol. The normalized spacial score (nSPS) is 18.9. The number of amides is 1.